The molecular formula is C14H18FNO2S. The molecule has 1 fully saturated rings. The lowest BCUT2D eigenvalue weighted by Crippen LogP contribution is -2.45. The van der Waals surface area contributed by atoms with E-state index >= 15 is 0 Å². The van der Waals surface area contributed by atoms with Gasteiger partial charge in [0.2, 0.25) is 0 Å². The van der Waals surface area contributed by atoms with Gasteiger partial charge in [0.1, 0.15) is 11.9 Å². The molecule has 1 saturated heterocycles. The summed E-state index contributed by atoms with van der Waals surface area (Å²) in [7, 11) is 0. The summed E-state index contributed by atoms with van der Waals surface area (Å²) < 4.78 is 13.4. The lowest BCUT2D eigenvalue weighted by Gasteiger charge is -2.32. The highest BCUT2D eigenvalue weighted by Gasteiger charge is 2.27. The van der Waals surface area contributed by atoms with Crippen LogP contribution in [0.2, 0.25) is 0 Å². The SMILES string of the molecule is O=C(O)C1CCCCN1CCSc1ccccc1F. The first-order chi connectivity index (χ1) is 9.18. The van der Waals surface area contributed by atoms with E-state index in [0.717, 1.165) is 25.8 Å². The molecule has 2 rings (SSSR count). The van der Waals surface area contributed by atoms with E-state index in [4.69, 9.17) is 5.11 Å². The number of halogens is 1. The van der Waals surface area contributed by atoms with Gasteiger partial charge in [-0.1, -0.05) is 18.6 Å². The number of carbonyl (C=O) groups is 1. The van der Waals surface area contributed by atoms with Gasteiger partial charge < -0.3 is 5.11 Å². The second-order valence-electron chi connectivity index (χ2n) is 4.66. The van der Waals surface area contributed by atoms with Gasteiger partial charge in [0.15, 0.2) is 0 Å². The molecule has 104 valence electrons. The largest absolute Gasteiger partial charge is 0.480 e. The van der Waals surface area contributed by atoms with Crippen LogP contribution in [0.5, 0.6) is 0 Å². The van der Waals surface area contributed by atoms with Crippen LogP contribution in [0.15, 0.2) is 29.2 Å². The lowest BCUT2D eigenvalue weighted by molar-refractivity contribution is -0.144. The monoisotopic (exact) mass is 283 g/mol. The second kappa shape index (κ2) is 6.91. The summed E-state index contributed by atoms with van der Waals surface area (Å²) in [5.41, 5.74) is 0. The van der Waals surface area contributed by atoms with E-state index in [2.05, 4.69) is 0 Å². The number of carboxylic acids is 1. The fourth-order valence-corrected chi connectivity index (χ4v) is 3.30. The van der Waals surface area contributed by atoms with E-state index in [0.29, 0.717) is 17.2 Å². The molecule has 1 aromatic rings. The van der Waals surface area contributed by atoms with Gasteiger partial charge in [-0.3, -0.25) is 9.69 Å². The summed E-state index contributed by atoms with van der Waals surface area (Å²) in [6.45, 7) is 1.52. The minimum Gasteiger partial charge on any atom is -0.480 e. The van der Waals surface area contributed by atoms with Crippen LogP contribution in [0, 0.1) is 5.82 Å². The third-order valence-corrected chi connectivity index (χ3v) is 4.40. The van der Waals surface area contributed by atoms with Crippen LogP contribution in [-0.2, 0) is 4.79 Å². The van der Waals surface area contributed by atoms with Crippen LogP contribution in [0.1, 0.15) is 19.3 Å². The van der Waals surface area contributed by atoms with Crippen molar-refractivity contribution < 1.29 is 14.3 Å². The highest BCUT2D eigenvalue weighted by molar-refractivity contribution is 7.99. The van der Waals surface area contributed by atoms with Crippen LogP contribution in [-0.4, -0.2) is 40.9 Å². The number of rotatable bonds is 5. The average molecular weight is 283 g/mol. The minimum atomic E-state index is -0.740. The predicted molar refractivity (Wildman–Crippen MR) is 74.0 cm³/mol. The quantitative estimate of drug-likeness (QED) is 0.844. The van der Waals surface area contributed by atoms with Gasteiger partial charge >= 0.3 is 5.97 Å². The second-order valence-corrected chi connectivity index (χ2v) is 5.80. The van der Waals surface area contributed by atoms with E-state index in [9.17, 15) is 9.18 Å². The van der Waals surface area contributed by atoms with E-state index in [-0.39, 0.29) is 11.9 Å². The standard InChI is InChI=1S/C14H18FNO2S/c15-11-5-1-2-7-13(11)19-10-9-16-8-4-3-6-12(16)14(17)18/h1-2,5,7,12H,3-4,6,8-10H2,(H,17,18). The van der Waals surface area contributed by atoms with Crippen molar-refractivity contribution in [3.63, 3.8) is 0 Å². The molecule has 19 heavy (non-hydrogen) atoms. The molecule has 0 radical (unpaired) electrons. The molecule has 0 aromatic heterocycles. The van der Waals surface area contributed by atoms with Crippen molar-refractivity contribution in [2.75, 3.05) is 18.8 Å². The van der Waals surface area contributed by atoms with Gasteiger partial charge in [-0.25, -0.2) is 4.39 Å². The first kappa shape index (κ1) is 14.3. The smallest absolute Gasteiger partial charge is 0.320 e. The van der Waals surface area contributed by atoms with Crippen molar-refractivity contribution in [3.05, 3.63) is 30.1 Å². The molecule has 1 aliphatic heterocycles. The molecule has 1 N–H and O–H groups in total. The highest BCUT2D eigenvalue weighted by Crippen LogP contribution is 2.23. The van der Waals surface area contributed by atoms with Gasteiger partial charge in [0.25, 0.3) is 0 Å². The lowest BCUT2D eigenvalue weighted by atomic mass is 10.0. The van der Waals surface area contributed by atoms with Crippen molar-refractivity contribution in [2.24, 2.45) is 0 Å². The molecule has 1 heterocycles. The number of nitrogens with zero attached hydrogens (tertiary/aromatic N) is 1. The summed E-state index contributed by atoms with van der Waals surface area (Å²) in [6.07, 6.45) is 2.75. The Balaban J connectivity index is 1.84. The van der Waals surface area contributed by atoms with Crippen LogP contribution < -0.4 is 0 Å². The van der Waals surface area contributed by atoms with Crippen LogP contribution in [0.4, 0.5) is 4.39 Å². The van der Waals surface area contributed by atoms with Gasteiger partial charge in [-0.15, -0.1) is 11.8 Å². The maximum Gasteiger partial charge on any atom is 0.320 e. The fraction of sp³-hybridized carbons (Fsp3) is 0.500. The Labute approximate surface area is 116 Å². The van der Waals surface area contributed by atoms with Crippen LogP contribution in [0.3, 0.4) is 0 Å². The maximum atomic E-state index is 13.4. The van der Waals surface area contributed by atoms with Crippen molar-refractivity contribution in [1.82, 2.24) is 4.90 Å². The first-order valence-corrected chi connectivity index (χ1v) is 7.51. The van der Waals surface area contributed by atoms with Crippen LogP contribution >= 0.6 is 11.8 Å². The Morgan fingerprint density at radius 3 is 2.95 bits per heavy atom. The Bertz CT molecular complexity index is 441. The molecule has 5 heteroatoms. The van der Waals surface area contributed by atoms with Crippen LogP contribution in [0.25, 0.3) is 0 Å². The third-order valence-electron chi connectivity index (χ3n) is 3.37. The number of carboxylic acid groups (broad SMARTS) is 1. The normalized spacial score (nSPS) is 20.4. The number of aliphatic carboxylic acids is 1. The van der Waals surface area contributed by atoms with E-state index in [1.54, 1.807) is 12.1 Å². The zero-order valence-electron chi connectivity index (χ0n) is 10.7. The van der Waals surface area contributed by atoms with Crippen molar-refractivity contribution in [3.8, 4) is 0 Å². The number of hydrogen-bond acceptors (Lipinski definition) is 3. The molecule has 0 bridgehead atoms. The predicted octanol–water partition coefficient (Wildman–Crippen LogP) is 2.86. The minimum absolute atomic E-state index is 0.207. The molecule has 1 unspecified atom stereocenters. The summed E-state index contributed by atoms with van der Waals surface area (Å²) >= 11 is 1.44. The molecule has 0 amide bonds. The summed E-state index contributed by atoms with van der Waals surface area (Å²) in [6, 6.07) is 6.32. The first-order valence-electron chi connectivity index (χ1n) is 6.52. The highest BCUT2D eigenvalue weighted by atomic mass is 32.2. The molecule has 0 aliphatic carbocycles. The van der Waals surface area contributed by atoms with Gasteiger partial charge in [0, 0.05) is 17.2 Å². The Kier molecular flexibility index (Phi) is 5.22. The van der Waals surface area contributed by atoms with Crippen molar-refractivity contribution in [2.45, 2.75) is 30.2 Å². The number of hydrogen-bond donors (Lipinski definition) is 1. The zero-order valence-corrected chi connectivity index (χ0v) is 11.5. The molecule has 1 atom stereocenters. The number of piperidine rings is 1. The van der Waals surface area contributed by atoms with E-state index < -0.39 is 5.97 Å². The van der Waals surface area contributed by atoms with Gasteiger partial charge in [0.05, 0.1) is 0 Å². The molecule has 3 nitrogen and oxygen atoms in total. The maximum absolute atomic E-state index is 13.4. The third kappa shape index (κ3) is 3.94. The summed E-state index contributed by atoms with van der Waals surface area (Å²) in [5.74, 6) is -0.235. The van der Waals surface area contributed by atoms with Crippen molar-refractivity contribution >= 4 is 17.7 Å². The Hall–Kier alpha value is -1.07. The number of likely N-dealkylation sites (tertiary alicyclic amines) is 1. The Morgan fingerprint density at radius 1 is 1.42 bits per heavy atom. The number of thioether (sulfide) groups is 1. The van der Waals surface area contributed by atoms with Crippen molar-refractivity contribution in [1.29, 1.82) is 0 Å². The molecule has 0 spiro atoms. The van der Waals surface area contributed by atoms with Gasteiger partial charge in [-0.05, 0) is 31.5 Å². The zero-order chi connectivity index (χ0) is 13.7. The fourth-order valence-electron chi connectivity index (χ4n) is 2.37. The molecule has 0 saturated carbocycles. The average Bonchev–Trinajstić information content (AvgIpc) is 2.41. The van der Waals surface area contributed by atoms with E-state index in [1.807, 2.05) is 11.0 Å². The van der Waals surface area contributed by atoms with E-state index in [1.165, 1.54) is 17.8 Å². The Morgan fingerprint density at radius 2 is 2.21 bits per heavy atom. The number of benzene rings is 1. The summed E-state index contributed by atoms with van der Waals surface area (Å²) in [4.78, 5) is 13.8. The molecule has 1 aromatic carbocycles. The topological polar surface area (TPSA) is 40.5 Å². The van der Waals surface area contributed by atoms with Gasteiger partial charge in [-0.2, -0.15) is 0 Å². The summed E-state index contributed by atoms with van der Waals surface area (Å²) in [5, 5.41) is 9.16. The molecular weight excluding hydrogens is 265 g/mol. The molecule has 1 aliphatic rings.